The molecule has 3 aromatic rings. The zero-order chi connectivity index (χ0) is 16.2. The number of benzene rings is 2. The molecule has 3 nitrogen and oxygen atoms in total. The molecule has 23 heavy (non-hydrogen) atoms. The lowest BCUT2D eigenvalue weighted by atomic mass is 10.1. The van der Waals surface area contributed by atoms with Gasteiger partial charge in [0.1, 0.15) is 5.75 Å². The van der Waals surface area contributed by atoms with Gasteiger partial charge in [0, 0.05) is 22.8 Å². The molecule has 3 rings (SSSR count). The summed E-state index contributed by atoms with van der Waals surface area (Å²) in [6.07, 6.45) is 1.92. The molecule has 0 saturated heterocycles. The molecule has 0 bridgehead atoms. The van der Waals surface area contributed by atoms with Gasteiger partial charge in [-0.2, -0.15) is 0 Å². The van der Waals surface area contributed by atoms with Crippen molar-refractivity contribution in [3.05, 3.63) is 64.8 Å². The third kappa shape index (κ3) is 3.79. The maximum absolute atomic E-state index is 5.21. The summed E-state index contributed by atoms with van der Waals surface area (Å²) < 4.78 is 8.44. The Kier molecular flexibility index (Phi) is 5.08. The van der Waals surface area contributed by atoms with Crippen molar-refractivity contribution in [2.24, 2.45) is 7.05 Å². The molecule has 1 heterocycles. The first-order valence-corrected chi connectivity index (χ1v) is 8.98. The average Bonchev–Trinajstić information content (AvgIpc) is 2.95. The molecule has 0 aliphatic carbocycles. The second-order valence-electron chi connectivity index (χ2n) is 5.13. The number of hydrogen-bond acceptors (Lipinski definition) is 3. The van der Waals surface area contributed by atoms with E-state index in [2.05, 4.69) is 68.9 Å². The lowest BCUT2D eigenvalue weighted by Crippen LogP contribution is -1.94. The van der Waals surface area contributed by atoms with E-state index in [0.29, 0.717) is 0 Å². The van der Waals surface area contributed by atoms with Gasteiger partial charge in [0.15, 0.2) is 5.16 Å². The number of ether oxygens (including phenoxy) is 1. The normalized spacial score (nSPS) is 10.7. The molecule has 5 heteroatoms. The van der Waals surface area contributed by atoms with Crippen LogP contribution in [-0.2, 0) is 12.8 Å². The van der Waals surface area contributed by atoms with Crippen LogP contribution in [0.5, 0.6) is 5.75 Å². The average molecular weight is 389 g/mol. The summed E-state index contributed by atoms with van der Waals surface area (Å²) >= 11 is 5.20. The van der Waals surface area contributed by atoms with Crippen molar-refractivity contribution in [3.8, 4) is 17.0 Å². The van der Waals surface area contributed by atoms with Gasteiger partial charge >= 0.3 is 0 Å². The van der Waals surface area contributed by atoms with Crippen LogP contribution in [0.3, 0.4) is 0 Å². The van der Waals surface area contributed by atoms with Gasteiger partial charge in [0.2, 0.25) is 0 Å². The number of hydrogen-bond donors (Lipinski definition) is 0. The van der Waals surface area contributed by atoms with Gasteiger partial charge in [0.25, 0.3) is 0 Å². The van der Waals surface area contributed by atoms with Crippen LogP contribution in [-0.4, -0.2) is 16.7 Å². The van der Waals surface area contributed by atoms with Gasteiger partial charge in [-0.3, -0.25) is 0 Å². The van der Waals surface area contributed by atoms with E-state index in [0.717, 1.165) is 32.4 Å². The Hall–Kier alpha value is -1.72. The minimum atomic E-state index is 0.862. The Morgan fingerprint density at radius 1 is 1.09 bits per heavy atom. The second kappa shape index (κ2) is 7.23. The van der Waals surface area contributed by atoms with Crippen molar-refractivity contribution in [2.75, 3.05) is 7.11 Å². The van der Waals surface area contributed by atoms with Gasteiger partial charge in [0.05, 0.1) is 19.0 Å². The van der Waals surface area contributed by atoms with Crippen LogP contribution in [0.25, 0.3) is 11.3 Å². The lowest BCUT2D eigenvalue weighted by Gasteiger charge is -2.07. The molecule has 0 N–H and O–H groups in total. The predicted octanol–water partition coefficient (Wildman–Crippen LogP) is 5.15. The molecule has 0 unspecified atom stereocenters. The van der Waals surface area contributed by atoms with E-state index in [9.17, 15) is 0 Å². The van der Waals surface area contributed by atoms with Crippen LogP contribution in [0.4, 0.5) is 0 Å². The number of rotatable bonds is 5. The van der Waals surface area contributed by atoms with Gasteiger partial charge in [-0.25, -0.2) is 4.98 Å². The quantitative estimate of drug-likeness (QED) is 0.565. The number of imidazole rings is 1. The van der Waals surface area contributed by atoms with Gasteiger partial charge in [-0.1, -0.05) is 39.8 Å². The monoisotopic (exact) mass is 388 g/mol. The summed E-state index contributed by atoms with van der Waals surface area (Å²) in [4.78, 5) is 4.55. The number of aromatic nitrogens is 2. The zero-order valence-corrected chi connectivity index (χ0v) is 15.4. The summed E-state index contributed by atoms with van der Waals surface area (Å²) in [5.41, 5.74) is 3.52. The Balaban J connectivity index is 1.74. The first-order chi connectivity index (χ1) is 11.2. The van der Waals surface area contributed by atoms with E-state index < -0.39 is 0 Å². The molecular formula is C18H17BrN2OS. The Morgan fingerprint density at radius 2 is 1.78 bits per heavy atom. The van der Waals surface area contributed by atoms with Crippen LogP contribution in [0, 0.1) is 0 Å². The molecule has 0 saturated carbocycles. The lowest BCUT2D eigenvalue weighted by molar-refractivity contribution is 0.415. The fourth-order valence-electron chi connectivity index (χ4n) is 2.29. The zero-order valence-electron chi connectivity index (χ0n) is 13.0. The third-order valence-corrected chi connectivity index (χ3v) is 5.26. The summed E-state index contributed by atoms with van der Waals surface area (Å²) in [6, 6.07) is 16.4. The molecule has 0 amide bonds. The first-order valence-electron chi connectivity index (χ1n) is 7.21. The number of methoxy groups -OCH3 is 1. The standard InChI is InChI=1S/C18H17BrN2OS/c1-21-17(14-5-9-16(22-2)10-6-14)11-20-18(21)23-12-13-3-7-15(19)8-4-13/h3-11H,12H2,1-2H3. The van der Waals surface area contributed by atoms with E-state index in [1.165, 1.54) is 5.56 Å². The minimum Gasteiger partial charge on any atom is -0.497 e. The van der Waals surface area contributed by atoms with E-state index >= 15 is 0 Å². The molecule has 0 fully saturated rings. The Labute approximate surface area is 148 Å². The summed E-state index contributed by atoms with van der Waals surface area (Å²) in [6.45, 7) is 0. The van der Waals surface area contributed by atoms with Crippen molar-refractivity contribution >= 4 is 27.7 Å². The highest BCUT2D eigenvalue weighted by molar-refractivity contribution is 9.10. The summed E-state index contributed by atoms with van der Waals surface area (Å²) in [7, 11) is 3.73. The predicted molar refractivity (Wildman–Crippen MR) is 98.9 cm³/mol. The summed E-state index contributed by atoms with van der Waals surface area (Å²) in [5.74, 6) is 1.76. The Bertz CT molecular complexity index is 782. The first kappa shape index (κ1) is 16.1. The van der Waals surface area contributed by atoms with Crippen LogP contribution >= 0.6 is 27.7 Å². The number of halogens is 1. The molecule has 2 aromatic carbocycles. The van der Waals surface area contributed by atoms with Crippen LogP contribution in [0.1, 0.15) is 5.56 Å². The highest BCUT2D eigenvalue weighted by Crippen LogP contribution is 2.28. The van der Waals surface area contributed by atoms with Crippen molar-refractivity contribution in [3.63, 3.8) is 0 Å². The van der Waals surface area contributed by atoms with E-state index in [1.807, 2.05) is 18.3 Å². The molecule has 1 aromatic heterocycles. The minimum absolute atomic E-state index is 0.862. The largest absolute Gasteiger partial charge is 0.497 e. The van der Waals surface area contributed by atoms with E-state index in [4.69, 9.17) is 4.74 Å². The van der Waals surface area contributed by atoms with Crippen LogP contribution in [0.15, 0.2) is 64.4 Å². The smallest absolute Gasteiger partial charge is 0.168 e. The van der Waals surface area contributed by atoms with Gasteiger partial charge in [-0.05, 0) is 42.0 Å². The third-order valence-electron chi connectivity index (χ3n) is 3.61. The second-order valence-corrected chi connectivity index (χ2v) is 6.99. The molecule has 118 valence electrons. The molecule has 0 aliphatic heterocycles. The van der Waals surface area contributed by atoms with Crippen molar-refractivity contribution in [1.29, 1.82) is 0 Å². The number of nitrogens with zero attached hydrogens (tertiary/aromatic N) is 2. The van der Waals surface area contributed by atoms with E-state index in [-0.39, 0.29) is 0 Å². The highest BCUT2D eigenvalue weighted by atomic mass is 79.9. The van der Waals surface area contributed by atoms with Gasteiger partial charge in [-0.15, -0.1) is 0 Å². The van der Waals surface area contributed by atoms with Gasteiger partial charge < -0.3 is 9.30 Å². The molecule has 0 aliphatic rings. The maximum Gasteiger partial charge on any atom is 0.168 e. The molecule has 0 atom stereocenters. The fraction of sp³-hybridized carbons (Fsp3) is 0.167. The molecular weight excluding hydrogens is 372 g/mol. The summed E-state index contributed by atoms with van der Waals surface area (Å²) in [5, 5.41) is 1.01. The van der Waals surface area contributed by atoms with Crippen molar-refractivity contribution in [1.82, 2.24) is 9.55 Å². The highest BCUT2D eigenvalue weighted by Gasteiger charge is 2.09. The van der Waals surface area contributed by atoms with Crippen LogP contribution < -0.4 is 4.74 Å². The van der Waals surface area contributed by atoms with E-state index in [1.54, 1.807) is 18.9 Å². The van der Waals surface area contributed by atoms with Crippen molar-refractivity contribution < 1.29 is 4.74 Å². The molecule has 0 radical (unpaired) electrons. The van der Waals surface area contributed by atoms with Crippen LogP contribution in [0.2, 0.25) is 0 Å². The maximum atomic E-state index is 5.21. The number of thioether (sulfide) groups is 1. The molecule has 0 spiro atoms. The fourth-order valence-corrected chi connectivity index (χ4v) is 3.46. The SMILES string of the molecule is COc1ccc(-c2cnc(SCc3ccc(Br)cc3)n2C)cc1. The van der Waals surface area contributed by atoms with Crippen molar-refractivity contribution in [2.45, 2.75) is 10.9 Å². The topological polar surface area (TPSA) is 27.1 Å². The Morgan fingerprint density at radius 3 is 2.43 bits per heavy atom.